The molecule has 0 saturated heterocycles. The molecule has 5 heteroatoms. The number of hydrogen-bond acceptors (Lipinski definition) is 4. The van der Waals surface area contributed by atoms with E-state index in [0.29, 0.717) is 19.0 Å². The van der Waals surface area contributed by atoms with E-state index < -0.39 is 5.97 Å². The largest absolute Gasteiger partial charge is 0.478 e. The van der Waals surface area contributed by atoms with Crippen LogP contribution in [0.1, 0.15) is 59.3 Å². The highest BCUT2D eigenvalue weighted by Gasteiger charge is 2.05. The average Bonchev–Trinajstić information content (AvgIpc) is 2.50. The fourth-order valence-electron chi connectivity index (χ4n) is 1.77. The van der Waals surface area contributed by atoms with Crippen LogP contribution in [0.25, 0.3) is 0 Å². The lowest BCUT2D eigenvalue weighted by atomic mass is 10.2. The highest BCUT2D eigenvalue weighted by Crippen LogP contribution is 2.02. The first-order valence-corrected chi connectivity index (χ1v) is 8.39. The van der Waals surface area contributed by atoms with Gasteiger partial charge in [0.15, 0.2) is 0 Å². The molecule has 0 fully saturated rings. The van der Waals surface area contributed by atoms with Crippen LogP contribution in [-0.4, -0.2) is 49.2 Å². The maximum Gasteiger partial charge on any atom is 0.330 e. The predicted octanol–water partition coefficient (Wildman–Crippen LogP) is 3.65. The van der Waals surface area contributed by atoms with Gasteiger partial charge >= 0.3 is 5.97 Å². The van der Waals surface area contributed by atoms with Gasteiger partial charge in [-0.25, -0.2) is 4.79 Å². The van der Waals surface area contributed by atoms with Crippen LogP contribution in [0.5, 0.6) is 0 Å². The molecule has 1 N–H and O–H groups in total. The van der Waals surface area contributed by atoms with Gasteiger partial charge in [0.25, 0.3) is 0 Å². The molecule has 0 amide bonds. The van der Waals surface area contributed by atoms with Crippen molar-refractivity contribution in [2.75, 3.05) is 33.2 Å². The van der Waals surface area contributed by atoms with Crippen LogP contribution < -0.4 is 0 Å². The third kappa shape index (κ3) is 12.8. The van der Waals surface area contributed by atoms with Crippen molar-refractivity contribution in [1.29, 1.82) is 0 Å². The monoisotopic (exact) mass is 315 g/mol. The van der Waals surface area contributed by atoms with Gasteiger partial charge in [-0.05, 0) is 32.6 Å². The summed E-state index contributed by atoms with van der Waals surface area (Å²) in [5.41, 5.74) is 0.407. The SMILES string of the molecule is CCCCOCN(CCCC=C(C)C(=O)O)COCCCC. The van der Waals surface area contributed by atoms with Crippen molar-refractivity contribution >= 4 is 5.97 Å². The number of carboxylic acids is 1. The number of ether oxygens (including phenoxy) is 2. The second kappa shape index (κ2) is 15.0. The number of aliphatic carboxylic acids is 1. The minimum absolute atomic E-state index is 0.407. The summed E-state index contributed by atoms with van der Waals surface area (Å²) in [6.07, 6.45) is 7.85. The molecular formula is C17H33NO4. The van der Waals surface area contributed by atoms with Gasteiger partial charge in [-0.1, -0.05) is 32.8 Å². The van der Waals surface area contributed by atoms with Gasteiger partial charge in [0, 0.05) is 25.3 Å². The summed E-state index contributed by atoms with van der Waals surface area (Å²) in [5.74, 6) is -0.845. The maximum absolute atomic E-state index is 10.7. The highest BCUT2D eigenvalue weighted by atomic mass is 16.5. The van der Waals surface area contributed by atoms with Crippen molar-refractivity contribution in [2.45, 2.75) is 59.3 Å². The number of hydrogen-bond donors (Lipinski definition) is 1. The Morgan fingerprint density at radius 1 is 1.05 bits per heavy atom. The Kier molecular flexibility index (Phi) is 14.4. The molecular weight excluding hydrogens is 282 g/mol. The molecule has 0 bridgehead atoms. The predicted molar refractivity (Wildman–Crippen MR) is 88.8 cm³/mol. The van der Waals surface area contributed by atoms with E-state index in [1.54, 1.807) is 13.0 Å². The summed E-state index contributed by atoms with van der Waals surface area (Å²) >= 11 is 0. The second-order valence-corrected chi connectivity index (χ2v) is 5.51. The van der Waals surface area contributed by atoms with Crippen LogP contribution in [0.15, 0.2) is 11.6 Å². The Balaban J connectivity index is 3.98. The number of unbranched alkanes of at least 4 members (excludes halogenated alkanes) is 3. The lowest BCUT2D eigenvalue weighted by molar-refractivity contribution is -0.132. The van der Waals surface area contributed by atoms with Crippen molar-refractivity contribution in [3.63, 3.8) is 0 Å². The van der Waals surface area contributed by atoms with Crippen molar-refractivity contribution in [2.24, 2.45) is 0 Å². The first-order valence-electron chi connectivity index (χ1n) is 8.39. The molecule has 0 rings (SSSR count). The summed E-state index contributed by atoms with van der Waals surface area (Å²) in [6, 6.07) is 0. The maximum atomic E-state index is 10.7. The number of carbonyl (C=O) groups is 1. The second-order valence-electron chi connectivity index (χ2n) is 5.51. The van der Waals surface area contributed by atoms with Gasteiger partial charge in [0.05, 0.1) is 0 Å². The smallest absolute Gasteiger partial charge is 0.330 e. The van der Waals surface area contributed by atoms with Crippen LogP contribution in [0.2, 0.25) is 0 Å². The van der Waals surface area contributed by atoms with E-state index in [1.807, 2.05) is 0 Å². The molecule has 0 aromatic heterocycles. The van der Waals surface area contributed by atoms with E-state index >= 15 is 0 Å². The molecule has 0 spiro atoms. The van der Waals surface area contributed by atoms with Crippen molar-refractivity contribution in [3.05, 3.63) is 11.6 Å². The minimum Gasteiger partial charge on any atom is -0.478 e. The van der Waals surface area contributed by atoms with Crippen molar-refractivity contribution in [1.82, 2.24) is 4.90 Å². The van der Waals surface area contributed by atoms with Crippen LogP contribution in [-0.2, 0) is 14.3 Å². The number of carboxylic acid groups (broad SMARTS) is 1. The molecule has 0 heterocycles. The van der Waals surface area contributed by atoms with Gasteiger partial charge in [-0.3, -0.25) is 4.90 Å². The fourth-order valence-corrected chi connectivity index (χ4v) is 1.77. The first-order chi connectivity index (χ1) is 10.6. The molecule has 0 saturated carbocycles. The van der Waals surface area contributed by atoms with Gasteiger partial charge in [-0.2, -0.15) is 0 Å². The zero-order chi connectivity index (χ0) is 16.6. The fraction of sp³-hybridized carbons (Fsp3) is 0.824. The molecule has 0 aromatic carbocycles. The minimum atomic E-state index is -0.845. The molecule has 0 radical (unpaired) electrons. The van der Waals surface area contributed by atoms with Gasteiger partial charge in [0.1, 0.15) is 13.5 Å². The van der Waals surface area contributed by atoms with E-state index in [4.69, 9.17) is 14.6 Å². The van der Waals surface area contributed by atoms with Crippen LogP contribution in [0.4, 0.5) is 0 Å². The van der Waals surface area contributed by atoms with Crippen LogP contribution in [0.3, 0.4) is 0 Å². The van der Waals surface area contributed by atoms with Crippen LogP contribution >= 0.6 is 0 Å². The summed E-state index contributed by atoms with van der Waals surface area (Å²) in [5, 5.41) is 8.81. The lowest BCUT2D eigenvalue weighted by Crippen LogP contribution is -2.30. The summed E-state index contributed by atoms with van der Waals surface area (Å²) in [4.78, 5) is 12.8. The van der Waals surface area contributed by atoms with Gasteiger partial charge < -0.3 is 14.6 Å². The zero-order valence-electron chi connectivity index (χ0n) is 14.5. The lowest BCUT2D eigenvalue weighted by Gasteiger charge is -2.22. The first kappa shape index (κ1) is 21.1. The Morgan fingerprint density at radius 3 is 2.05 bits per heavy atom. The molecule has 130 valence electrons. The molecule has 0 aliphatic rings. The number of rotatable bonds is 15. The molecule has 0 aromatic rings. The third-order valence-electron chi connectivity index (χ3n) is 3.30. The summed E-state index contributed by atoms with van der Waals surface area (Å²) in [7, 11) is 0. The van der Waals surface area contributed by atoms with Gasteiger partial charge in [0.2, 0.25) is 0 Å². The number of nitrogens with zero attached hydrogens (tertiary/aromatic N) is 1. The highest BCUT2D eigenvalue weighted by molar-refractivity contribution is 5.85. The standard InChI is InChI=1S/C17H33NO4/c1-4-6-12-21-14-18(15-22-13-7-5-2)11-9-8-10-16(3)17(19)20/h10H,4-9,11-15H2,1-3H3,(H,19,20). The Morgan fingerprint density at radius 2 is 1.59 bits per heavy atom. The van der Waals surface area contributed by atoms with E-state index in [9.17, 15) is 4.79 Å². The van der Waals surface area contributed by atoms with Gasteiger partial charge in [-0.15, -0.1) is 0 Å². The van der Waals surface area contributed by atoms with E-state index in [2.05, 4.69) is 18.7 Å². The average molecular weight is 315 g/mol. The number of allylic oxidation sites excluding steroid dienone is 1. The van der Waals surface area contributed by atoms with E-state index in [0.717, 1.165) is 58.3 Å². The molecule has 0 aliphatic heterocycles. The van der Waals surface area contributed by atoms with E-state index in [1.165, 1.54) is 0 Å². The Hall–Kier alpha value is -0.910. The molecule has 0 atom stereocenters. The summed E-state index contributed by atoms with van der Waals surface area (Å²) in [6.45, 7) is 9.48. The topological polar surface area (TPSA) is 59.0 Å². The summed E-state index contributed by atoms with van der Waals surface area (Å²) < 4.78 is 11.3. The molecule has 0 aliphatic carbocycles. The van der Waals surface area contributed by atoms with Crippen molar-refractivity contribution in [3.8, 4) is 0 Å². The zero-order valence-corrected chi connectivity index (χ0v) is 14.5. The Labute approximate surface area is 135 Å². The normalized spacial score (nSPS) is 12.1. The molecule has 22 heavy (non-hydrogen) atoms. The van der Waals surface area contributed by atoms with E-state index in [-0.39, 0.29) is 0 Å². The Bertz CT molecular complexity index is 293. The molecule has 5 nitrogen and oxygen atoms in total. The van der Waals surface area contributed by atoms with Crippen LogP contribution in [0, 0.1) is 0 Å². The molecule has 0 unspecified atom stereocenters. The van der Waals surface area contributed by atoms with Crippen molar-refractivity contribution < 1.29 is 19.4 Å². The quantitative estimate of drug-likeness (QED) is 0.284. The third-order valence-corrected chi connectivity index (χ3v) is 3.30.